The van der Waals surface area contributed by atoms with E-state index in [4.69, 9.17) is 0 Å². The molecule has 1 aromatic rings. The van der Waals surface area contributed by atoms with Crippen molar-refractivity contribution in [3.8, 4) is 0 Å². The van der Waals surface area contributed by atoms with Gasteiger partial charge in [-0.2, -0.15) is 0 Å². The molecule has 3 atom stereocenters. The molecule has 2 aliphatic heterocycles. The van der Waals surface area contributed by atoms with Crippen LogP contribution in [-0.4, -0.2) is 66.2 Å². The van der Waals surface area contributed by atoms with Gasteiger partial charge in [-0.15, -0.1) is 0 Å². The van der Waals surface area contributed by atoms with E-state index in [1.807, 2.05) is 7.05 Å². The highest BCUT2D eigenvalue weighted by Crippen LogP contribution is 2.42. The van der Waals surface area contributed by atoms with Crippen LogP contribution in [0.15, 0.2) is 18.2 Å². The van der Waals surface area contributed by atoms with Crippen LogP contribution >= 0.6 is 0 Å². The average molecular weight is 489 g/mol. The number of benzene rings is 1. The molecule has 0 bridgehead atoms. The summed E-state index contributed by atoms with van der Waals surface area (Å²) < 4.78 is 26.4. The minimum atomic E-state index is -2.52. The van der Waals surface area contributed by atoms with Crippen molar-refractivity contribution in [2.75, 3.05) is 18.5 Å². The summed E-state index contributed by atoms with van der Waals surface area (Å²) in [6, 6.07) is 4.39. The molecule has 2 heterocycles. The van der Waals surface area contributed by atoms with Crippen molar-refractivity contribution in [1.29, 1.82) is 0 Å². The van der Waals surface area contributed by atoms with E-state index in [1.54, 1.807) is 18.2 Å². The third-order valence-electron chi connectivity index (χ3n) is 7.90. The van der Waals surface area contributed by atoms with Crippen LogP contribution in [0.5, 0.6) is 0 Å². The Morgan fingerprint density at radius 1 is 1.06 bits per heavy atom. The number of carbonyl (C=O) groups is 4. The molecule has 3 fully saturated rings. The molecule has 2 aliphatic carbocycles. The summed E-state index contributed by atoms with van der Waals surface area (Å²) in [6.45, 7) is 0.572. The highest BCUT2D eigenvalue weighted by molar-refractivity contribution is 6.23. The maximum absolute atomic E-state index is 13.2. The number of imide groups is 2. The molecule has 4 aliphatic rings. The van der Waals surface area contributed by atoms with E-state index >= 15 is 0 Å². The molecule has 8 nitrogen and oxygen atoms in total. The number of amides is 4. The summed E-state index contributed by atoms with van der Waals surface area (Å²) >= 11 is 0. The number of carbonyl (C=O) groups excluding carboxylic acids is 4. The van der Waals surface area contributed by atoms with Crippen molar-refractivity contribution in [1.82, 2.24) is 15.5 Å². The SMILES string of the molecule is CN(c1ccc2c(c1)C(=O)N(C1CCC(=O)NC1=O)C2=O)[C@H]1CCCCC1NCC1CC(F)(F)C1. The maximum Gasteiger partial charge on any atom is 0.262 e. The topological polar surface area (TPSA) is 98.8 Å². The van der Waals surface area contributed by atoms with Crippen molar-refractivity contribution in [3.05, 3.63) is 29.3 Å². The van der Waals surface area contributed by atoms with E-state index in [0.717, 1.165) is 36.3 Å². The Balaban J connectivity index is 1.30. The first-order valence-electron chi connectivity index (χ1n) is 12.3. The van der Waals surface area contributed by atoms with Crippen LogP contribution in [0.25, 0.3) is 0 Å². The van der Waals surface area contributed by atoms with Crippen molar-refractivity contribution < 1.29 is 28.0 Å². The van der Waals surface area contributed by atoms with Gasteiger partial charge in [0.2, 0.25) is 17.7 Å². The molecule has 1 saturated heterocycles. The fourth-order valence-corrected chi connectivity index (χ4v) is 5.93. The summed E-state index contributed by atoms with van der Waals surface area (Å²) in [7, 11) is 1.95. The second kappa shape index (κ2) is 8.96. The lowest BCUT2D eigenvalue weighted by Gasteiger charge is -2.42. The summed E-state index contributed by atoms with van der Waals surface area (Å²) in [4.78, 5) is 53.0. The van der Waals surface area contributed by atoms with Crippen molar-refractivity contribution in [2.45, 2.75) is 75.4 Å². The number of hydrogen-bond donors (Lipinski definition) is 2. The van der Waals surface area contributed by atoms with Crippen LogP contribution in [-0.2, 0) is 9.59 Å². The Hall–Kier alpha value is -2.88. The zero-order valence-electron chi connectivity index (χ0n) is 19.7. The Labute approximate surface area is 202 Å². The minimum absolute atomic E-state index is 0.000208. The molecule has 10 heteroatoms. The number of halogens is 2. The van der Waals surface area contributed by atoms with Crippen molar-refractivity contribution in [3.63, 3.8) is 0 Å². The van der Waals surface area contributed by atoms with Crippen LogP contribution in [0.4, 0.5) is 14.5 Å². The third-order valence-corrected chi connectivity index (χ3v) is 7.90. The van der Waals surface area contributed by atoms with E-state index in [2.05, 4.69) is 15.5 Å². The number of hydrogen-bond acceptors (Lipinski definition) is 6. The highest BCUT2D eigenvalue weighted by atomic mass is 19.3. The fourth-order valence-electron chi connectivity index (χ4n) is 5.93. The molecular formula is C25H30F2N4O4. The zero-order chi connectivity index (χ0) is 24.9. The summed E-state index contributed by atoms with van der Waals surface area (Å²) in [5.41, 5.74) is 1.28. The quantitative estimate of drug-likeness (QED) is 0.597. The van der Waals surface area contributed by atoms with Gasteiger partial charge < -0.3 is 10.2 Å². The van der Waals surface area contributed by atoms with Gasteiger partial charge in [-0.25, -0.2) is 8.78 Å². The number of likely N-dealkylation sites (N-methyl/N-ethyl adjacent to an activating group) is 1. The number of piperidine rings is 1. The van der Waals surface area contributed by atoms with E-state index in [-0.39, 0.29) is 54.8 Å². The number of nitrogens with one attached hydrogen (secondary N) is 2. The van der Waals surface area contributed by atoms with Gasteiger partial charge in [-0.3, -0.25) is 29.4 Å². The zero-order valence-corrected chi connectivity index (χ0v) is 19.7. The first-order valence-corrected chi connectivity index (χ1v) is 12.3. The van der Waals surface area contributed by atoms with Crippen LogP contribution in [0.2, 0.25) is 0 Å². The molecule has 35 heavy (non-hydrogen) atoms. The largest absolute Gasteiger partial charge is 0.370 e. The first-order chi connectivity index (χ1) is 16.6. The molecule has 2 unspecified atom stereocenters. The second-order valence-corrected chi connectivity index (χ2v) is 10.3. The monoisotopic (exact) mass is 488 g/mol. The van der Waals surface area contributed by atoms with Crippen LogP contribution in [0, 0.1) is 5.92 Å². The van der Waals surface area contributed by atoms with Gasteiger partial charge in [0.1, 0.15) is 6.04 Å². The van der Waals surface area contributed by atoms with Gasteiger partial charge in [0.25, 0.3) is 11.8 Å². The average Bonchev–Trinajstić information content (AvgIpc) is 3.05. The fraction of sp³-hybridized carbons (Fsp3) is 0.600. The van der Waals surface area contributed by atoms with Crippen LogP contribution in [0.1, 0.15) is 72.1 Å². The van der Waals surface area contributed by atoms with E-state index < -0.39 is 35.6 Å². The number of fused-ring (bicyclic) bond motifs is 1. The Morgan fingerprint density at radius 2 is 1.77 bits per heavy atom. The second-order valence-electron chi connectivity index (χ2n) is 10.3. The lowest BCUT2D eigenvalue weighted by molar-refractivity contribution is -0.136. The third kappa shape index (κ3) is 4.44. The van der Waals surface area contributed by atoms with Gasteiger partial charge in [0.15, 0.2) is 0 Å². The lowest BCUT2D eigenvalue weighted by atomic mass is 9.80. The van der Waals surface area contributed by atoms with Gasteiger partial charge in [-0.1, -0.05) is 12.8 Å². The van der Waals surface area contributed by atoms with Crippen LogP contribution in [0.3, 0.4) is 0 Å². The highest BCUT2D eigenvalue weighted by Gasteiger charge is 2.46. The molecule has 0 radical (unpaired) electrons. The number of rotatable bonds is 6. The minimum Gasteiger partial charge on any atom is -0.370 e. The molecule has 1 aromatic carbocycles. The molecule has 5 rings (SSSR count). The van der Waals surface area contributed by atoms with Crippen molar-refractivity contribution >= 4 is 29.3 Å². The first kappa shape index (κ1) is 23.8. The van der Waals surface area contributed by atoms with E-state index in [9.17, 15) is 28.0 Å². The number of anilines is 1. The van der Waals surface area contributed by atoms with E-state index in [0.29, 0.717) is 6.54 Å². The van der Waals surface area contributed by atoms with Gasteiger partial charge in [-0.05, 0) is 49.9 Å². The molecular weight excluding hydrogens is 458 g/mol. The summed E-state index contributed by atoms with van der Waals surface area (Å²) in [5, 5.41) is 5.72. The molecule has 188 valence electrons. The molecule has 2 N–H and O–H groups in total. The summed E-state index contributed by atoms with van der Waals surface area (Å²) in [6.07, 6.45) is 4.08. The normalized spacial score (nSPS) is 28.5. The maximum atomic E-state index is 13.2. The Bertz CT molecular complexity index is 1070. The number of alkyl halides is 2. The standard InChI is InChI=1S/C25H30F2N4O4/c1-30(19-5-3-2-4-18(19)28-13-14-11-25(26,27)12-14)15-6-7-16-17(10-15)24(35)31(23(16)34)20-8-9-21(32)29-22(20)33/h6-7,10,14,18-20,28H,2-5,8-9,11-13H2,1H3,(H,29,32,33)/t18?,19-,20?/m0/s1. The number of nitrogens with zero attached hydrogens (tertiary/aromatic N) is 2. The summed E-state index contributed by atoms with van der Waals surface area (Å²) in [5.74, 6) is -4.62. The Kier molecular flexibility index (Phi) is 6.11. The molecule has 4 amide bonds. The predicted octanol–water partition coefficient (Wildman–Crippen LogP) is 2.47. The van der Waals surface area contributed by atoms with E-state index in [1.165, 1.54) is 0 Å². The smallest absolute Gasteiger partial charge is 0.262 e. The molecule has 2 saturated carbocycles. The van der Waals surface area contributed by atoms with Crippen LogP contribution < -0.4 is 15.5 Å². The van der Waals surface area contributed by atoms with Gasteiger partial charge in [0, 0.05) is 44.1 Å². The molecule has 0 aromatic heterocycles. The van der Waals surface area contributed by atoms with Crippen molar-refractivity contribution in [2.24, 2.45) is 5.92 Å². The van der Waals surface area contributed by atoms with Gasteiger partial charge >= 0.3 is 0 Å². The predicted molar refractivity (Wildman–Crippen MR) is 123 cm³/mol. The van der Waals surface area contributed by atoms with Gasteiger partial charge in [0.05, 0.1) is 11.1 Å². The lowest BCUT2D eigenvalue weighted by Crippen LogP contribution is -2.54. The Morgan fingerprint density at radius 3 is 2.49 bits per heavy atom. The molecule has 0 spiro atoms.